The Kier molecular flexibility index (Phi) is 7.43. The van der Waals surface area contributed by atoms with Crippen molar-refractivity contribution < 1.29 is 27.1 Å². The van der Waals surface area contributed by atoms with Crippen LogP contribution in [0.3, 0.4) is 0 Å². The lowest BCUT2D eigenvalue weighted by molar-refractivity contribution is -0.132. The Labute approximate surface area is 205 Å². The van der Waals surface area contributed by atoms with Crippen LogP contribution in [-0.2, 0) is 19.4 Å². The summed E-state index contributed by atoms with van der Waals surface area (Å²) in [6.45, 7) is 9.13. The van der Waals surface area contributed by atoms with E-state index in [2.05, 4.69) is 25.0 Å². The molecule has 7 heteroatoms. The summed E-state index contributed by atoms with van der Waals surface area (Å²) in [5, 5.41) is 10.2. The van der Waals surface area contributed by atoms with Crippen molar-refractivity contribution in [2.75, 3.05) is 6.61 Å². The fraction of sp³-hybridized carbons (Fsp3) is 0.889. The fourth-order valence-electron chi connectivity index (χ4n) is 8.59. The van der Waals surface area contributed by atoms with Crippen LogP contribution < -0.4 is 0 Å². The van der Waals surface area contributed by atoms with Gasteiger partial charge in [-0.2, -0.15) is 8.42 Å². The van der Waals surface area contributed by atoms with Crippen LogP contribution in [0.2, 0.25) is 0 Å². The number of fused-ring (bicyclic) bond motifs is 5. The molecule has 3 fully saturated rings. The van der Waals surface area contributed by atoms with Gasteiger partial charge in [0.25, 0.3) is 0 Å². The molecule has 0 spiro atoms. The van der Waals surface area contributed by atoms with Gasteiger partial charge in [-0.05, 0) is 97.9 Å². The van der Waals surface area contributed by atoms with Crippen LogP contribution in [0.25, 0.3) is 0 Å². The maximum atomic E-state index is 13.2. The molecule has 4 rings (SSSR count). The van der Waals surface area contributed by atoms with Crippen LogP contribution in [0, 0.1) is 46.3 Å². The summed E-state index contributed by atoms with van der Waals surface area (Å²) in [4.78, 5) is 13.2. The van der Waals surface area contributed by atoms with E-state index in [1.54, 1.807) is 0 Å². The molecule has 2 N–H and O–H groups in total. The second-order valence-electron chi connectivity index (χ2n) is 12.6. The van der Waals surface area contributed by atoms with Crippen molar-refractivity contribution >= 4 is 16.2 Å². The largest absolute Gasteiger partial charge is 0.397 e. The predicted octanol–water partition coefficient (Wildman–Crippen LogP) is 5.37. The van der Waals surface area contributed by atoms with E-state index in [1.165, 1.54) is 24.8 Å². The minimum Gasteiger partial charge on any atom is -0.393 e. The third-order valence-corrected chi connectivity index (χ3v) is 10.9. The molecule has 0 aliphatic heterocycles. The average Bonchev–Trinajstić information content (AvgIpc) is 3.10. The minimum atomic E-state index is -4.37. The van der Waals surface area contributed by atoms with Gasteiger partial charge >= 0.3 is 10.4 Å². The monoisotopic (exact) mass is 496 g/mol. The molecule has 0 amide bonds. The lowest BCUT2D eigenvalue weighted by atomic mass is 9.47. The summed E-state index contributed by atoms with van der Waals surface area (Å²) in [7, 11) is -4.37. The Balaban J connectivity index is 1.40. The van der Waals surface area contributed by atoms with Crippen molar-refractivity contribution in [2.24, 2.45) is 46.3 Å². The number of allylic oxidation sites excluding steroid dienone is 2. The van der Waals surface area contributed by atoms with Gasteiger partial charge in [0.2, 0.25) is 0 Å². The first-order valence-corrected chi connectivity index (χ1v) is 14.8. The summed E-state index contributed by atoms with van der Waals surface area (Å²) in [5.41, 5.74) is 1.67. The molecule has 0 aromatic heterocycles. The van der Waals surface area contributed by atoms with Crippen LogP contribution in [0.15, 0.2) is 11.6 Å². The van der Waals surface area contributed by atoms with Gasteiger partial charge in [0.15, 0.2) is 5.78 Å². The summed E-state index contributed by atoms with van der Waals surface area (Å²) < 4.78 is 34.9. The van der Waals surface area contributed by atoms with E-state index < -0.39 is 10.4 Å². The highest BCUT2D eigenvalue weighted by molar-refractivity contribution is 7.80. The van der Waals surface area contributed by atoms with Gasteiger partial charge < -0.3 is 5.11 Å². The molecule has 9 unspecified atom stereocenters. The van der Waals surface area contributed by atoms with E-state index >= 15 is 0 Å². The number of rotatable bonds is 8. The number of aliphatic hydroxyl groups is 1. The molecule has 0 bridgehead atoms. The lowest BCUT2D eigenvalue weighted by Crippen LogP contribution is -2.52. The molecule has 3 saturated carbocycles. The van der Waals surface area contributed by atoms with Gasteiger partial charge in [-0.1, -0.05) is 46.1 Å². The number of hydrogen-bond donors (Lipinski definition) is 2. The molecule has 9 atom stereocenters. The summed E-state index contributed by atoms with van der Waals surface area (Å²) in [6, 6.07) is 0. The first-order chi connectivity index (χ1) is 15.8. The van der Waals surface area contributed by atoms with E-state index in [9.17, 15) is 18.3 Å². The highest BCUT2D eigenvalue weighted by Crippen LogP contribution is 2.66. The third-order valence-electron chi connectivity index (χ3n) is 10.5. The van der Waals surface area contributed by atoms with Crippen LogP contribution in [-0.4, -0.2) is 36.6 Å². The van der Waals surface area contributed by atoms with Crippen LogP contribution in [0.5, 0.6) is 0 Å². The van der Waals surface area contributed by atoms with Gasteiger partial charge in [-0.3, -0.25) is 9.35 Å². The number of ketones is 1. The van der Waals surface area contributed by atoms with E-state index in [4.69, 9.17) is 4.55 Å². The van der Waals surface area contributed by atoms with Crippen LogP contribution in [0.4, 0.5) is 0 Å². The van der Waals surface area contributed by atoms with Gasteiger partial charge in [0.05, 0.1) is 12.7 Å². The van der Waals surface area contributed by atoms with Crippen molar-refractivity contribution in [3.05, 3.63) is 11.6 Å². The molecule has 0 aromatic rings. The quantitative estimate of drug-likeness (QED) is 0.438. The topological polar surface area (TPSA) is 101 Å². The average molecular weight is 497 g/mol. The van der Waals surface area contributed by atoms with Gasteiger partial charge in [0, 0.05) is 5.92 Å². The Morgan fingerprint density at radius 3 is 2.41 bits per heavy atom. The molecule has 0 aromatic carbocycles. The van der Waals surface area contributed by atoms with E-state index in [-0.39, 0.29) is 41.2 Å². The zero-order valence-electron chi connectivity index (χ0n) is 21.3. The third kappa shape index (κ3) is 4.91. The molecule has 4 aliphatic rings. The van der Waals surface area contributed by atoms with Gasteiger partial charge in [-0.25, -0.2) is 4.18 Å². The SMILES string of the molecule is CC(CCCC(C)C1CCC2C3=CC(=O)C4CC(O)CCC4(C)C3CCC21C)COS(=O)(=O)O. The molecular formula is C27H44O6S. The highest BCUT2D eigenvalue weighted by atomic mass is 32.3. The second-order valence-corrected chi connectivity index (χ2v) is 13.7. The van der Waals surface area contributed by atoms with E-state index in [1.807, 2.05) is 13.0 Å². The molecule has 194 valence electrons. The molecular weight excluding hydrogens is 452 g/mol. The van der Waals surface area contributed by atoms with Crippen molar-refractivity contribution in [1.82, 2.24) is 0 Å². The Hall–Kier alpha value is -0.760. The maximum absolute atomic E-state index is 13.2. The van der Waals surface area contributed by atoms with Crippen molar-refractivity contribution in [3.8, 4) is 0 Å². The molecule has 6 nitrogen and oxygen atoms in total. The smallest absolute Gasteiger partial charge is 0.393 e. The minimum absolute atomic E-state index is 0.00564. The highest BCUT2D eigenvalue weighted by Gasteiger charge is 2.59. The summed E-state index contributed by atoms with van der Waals surface area (Å²) in [6.07, 6.45) is 11.8. The van der Waals surface area contributed by atoms with Gasteiger partial charge in [-0.15, -0.1) is 0 Å². The Morgan fingerprint density at radius 1 is 1.03 bits per heavy atom. The molecule has 0 radical (unpaired) electrons. The van der Waals surface area contributed by atoms with E-state index in [0.29, 0.717) is 30.1 Å². The maximum Gasteiger partial charge on any atom is 0.397 e. The van der Waals surface area contributed by atoms with Crippen molar-refractivity contribution in [2.45, 2.75) is 98.0 Å². The molecule has 0 heterocycles. The number of hydrogen-bond acceptors (Lipinski definition) is 5. The lowest BCUT2D eigenvalue weighted by Gasteiger charge is -2.57. The number of carbonyl (C=O) groups is 1. The van der Waals surface area contributed by atoms with Crippen LogP contribution >= 0.6 is 0 Å². The zero-order chi connectivity index (χ0) is 24.9. The Morgan fingerprint density at radius 2 is 1.71 bits per heavy atom. The first-order valence-electron chi connectivity index (χ1n) is 13.4. The first kappa shape index (κ1) is 26.3. The molecule has 4 aliphatic carbocycles. The standard InChI is InChI=1S/C27H44O6S/c1-17(16-33-34(30,31)32)6-5-7-18(2)21-8-9-22-20-15-25(29)24-14-19(28)10-12-27(24,4)23(20)11-13-26(21,22)3/h15,17-19,21-24,28H,5-14,16H2,1-4H3,(H,30,31,32). The summed E-state index contributed by atoms with van der Waals surface area (Å²) >= 11 is 0. The Bertz CT molecular complexity index is 912. The fourth-order valence-corrected chi connectivity index (χ4v) is 9.00. The van der Waals surface area contributed by atoms with Gasteiger partial charge in [0.1, 0.15) is 0 Å². The van der Waals surface area contributed by atoms with Crippen LogP contribution in [0.1, 0.15) is 91.9 Å². The normalized spacial score (nSPS) is 41.8. The van der Waals surface area contributed by atoms with E-state index in [0.717, 1.165) is 38.5 Å². The number of carbonyl (C=O) groups excluding carboxylic acids is 1. The van der Waals surface area contributed by atoms with Crippen molar-refractivity contribution in [3.63, 3.8) is 0 Å². The summed E-state index contributed by atoms with van der Waals surface area (Å²) in [5.74, 6) is 2.52. The zero-order valence-corrected chi connectivity index (χ0v) is 22.1. The molecule has 0 saturated heterocycles. The number of aliphatic hydroxyl groups excluding tert-OH is 1. The molecule has 34 heavy (non-hydrogen) atoms. The second kappa shape index (κ2) is 9.60. The van der Waals surface area contributed by atoms with Crippen molar-refractivity contribution in [1.29, 1.82) is 0 Å². The predicted molar refractivity (Wildman–Crippen MR) is 131 cm³/mol.